The predicted molar refractivity (Wildman–Crippen MR) is 74.9 cm³/mol. The number of nitrogens with one attached hydrogen (secondary N) is 1. The van der Waals surface area contributed by atoms with Crippen LogP contribution in [0, 0.1) is 0 Å². The number of carbonyl (C=O) groups is 1. The molecule has 4 heteroatoms. The SMILES string of the molecule is O=C(CCl)NC1CCN(CC2=CCCCC2)CC1. The second kappa shape index (κ2) is 7.15. The summed E-state index contributed by atoms with van der Waals surface area (Å²) in [4.78, 5) is 13.7. The van der Waals surface area contributed by atoms with Crippen molar-refractivity contribution in [3.63, 3.8) is 0 Å². The molecule has 1 N–H and O–H groups in total. The number of likely N-dealkylation sites (tertiary alicyclic amines) is 1. The number of hydrogen-bond donors (Lipinski definition) is 1. The highest BCUT2D eigenvalue weighted by atomic mass is 35.5. The Kier molecular flexibility index (Phi) is 5.51. The molecule has 0 spiro atoms. The van der Waals surface area contributed by atoms with Crippen LogP contribution >= 0.6 is 11.6 Å². The van der Waals surface area contributed by atoms with E-state index in [2.05, 4.69) is 16.3 Å². The third-order valence-electron chi connectivity index (χ3n) is 3.89. The van der Waals surface area contributed by atoms with E-state index in [-0.39, 0.29) is 11.8 Å². The van der Waals surface area contributed by atoms with Crippen molar-refractivity contribution in [1.82, 2.24) is 10.2 Å². The molecule has 3 nitrogen and oxygen atoms in total. The van der Waals surface area contributed by atoms with Gasteiger partial charge in [0.05, 0.1) is 0 Å². The maximum atomic E-state index is 11.2. The number of carbonyl (C=O) groups excluding carboxylic acids is 1. The highest BCUT2D eigenvalue weighted by molar-refractivity contribution is 6.27. The molecular formula is C14H23ClN2O. The summed E-state index contributed by atoms with van der Waals surface area (Å²) in [6.07, 6.45) is 9.78. The Morgan fingerprint density at radius 1 is 1.39 bits per heavy atom. The van der Waals surface area contributed by atoms with Crippen molar-refractivity contribution in [2.45, 2.75) is 44.6 Å². The summed E-state index contributed by atoms with van der Waals surface area (Å²) >= 11 is 5.50. The molecule has 0 atom stereocenters. The third kappa shape index (κ3) is 4.29. The van der Waals surface area contributed by atoms with Crippen molar-refractivity contribution in [3.8, 4) is 0 Å². The Balaban J connectivity index is 1.69. The molecule has 18 heavy (non-hydrogen) atoms. The van der Waals surface area contributed by atoms with Crippen molar-refractivity contribution in [2.24, 2.45) is 0 Å². The van der Waals surface area contributed by atoms with E-state index >= 15 is 0 Å². The summed E-state index contributed by atoms with van der Waals surface area (Å²) < 4.78 is 0. The summed E-state index contributed by atoms with van der Waals surface area (Å²) in [7, 11) is 0. The molecule has 0 aromatic heterocycles. The highest BCUT2D eigenvalue weighted by Gasteiger charge is 2.21. The minimum Gasteiger partial charge on any atom is -0.352 e. The zero-order valence-electron chi connectivity index (χ0n) is 11.0. The van der Waals surface area contributed by atoms with Crippen LogP contribution in [0.3, 0.4) is 0 Å². The lowest BCUT2D eigenvalue weighted by molar-refractivity contribution is -0.119. The van der Waals surface area contributed by atoms with E-state index in [4.69, 9.17) is 11.6 Å². The number of piperidine rings is 1. The average molecular weight is 271 g/mol. The van der Waals surface area contributed by atoms with Crippen molar-refractivity contribution in [1.29, 1.82) is 0 Å². The summed E-state index contributed by atoms with van der Waals surface area (Å²) in [5, 5.41) is 2.98. The van der Waals surface area contributed by atoms with Gasteiger partial charge in [0, 0.05) is 25.7 Å². The average Bonchev–Trinajstić information content (AvgIpc) is 2.42. The summed E-state index contributed by atoms with van der Waals surface area (Å²) in [6.45, 7) is 3.31. The van der Waals surface area contributed by atoms with Gasteiger partial charge in [0.25, 0.3) is 0 Å². The normalized spacial score (nSPS) is 22.6. The lowest BCUT2D eigenvalue weighted by Crippen LogP contribution is -2.45. The monoisotopic (exact) mass is 270 g/mol. The molecular weight excluding hydrogens is 248 g/mol. The Labute approximate surface area is 115 Å². The molecule has 1 fully saturated rings. The van der Waals surface area contributed by atoms with Crippen molar-refractivity contribution in [2.75, 3.05) is 25.5 Å². The quantitative estimate of drug-likeness (QED) is 0.628. The molecule has 1 aliphatic carbocycles. The number of rotatable bonds is 4. The van der Waals surface area contributed by atoms with Gasteiger partial charge in [-0.1, -0.05) is 11.6 Å². The van der Waals surface area contributed by atoms with E-state index in [1.807, 2.05) is 0 Å². The first-order chi connectivity index (χ1) is 8.78. The molecule has 0 aromatic carbocycles. The van der Waals surface area contributed by atoms with Crippen LogP contribution in [0.25, 0.3) is 0 Å². The highest BCUT2D eigenvalue weighted by Crippen LogP contribution is 2.20. The number of nitrogens with zero attached hydrogens (tertiary/aromatic N) is 1. The largest absolute Gasteiger partial charge is 0.352 e. The summed E-state index contributed by atoms with van der Waals surface area (Å²) in [6, 6.07) is 0.327. The van der Waals surface area contributed by atoms with Crippen molar-refractivity contribution < 1.29 is 4.79 Å². The van der Waals surface area contributed by atoms with E-state index in [0.29, 0.717) is 6.04 Å². The van der Waals surface area contributed by atoms with E-state index in [1.165, 1.54) is 25.7 Å². The molecule has 0 unspecified atom stereocenters. The zero-order valence-corrected chi connectivity index (χ0v) is 11.7. The van der Waals surface area contributed by atoms with Crippen LogP contribution < -0.4 is 5.32 Å². The predicted octanol–water partition coefficient (Wildman–Crippen LogP) is 2.31. The Morgan fingerprint density at radius 3 is 2.78 bits per heavy atom. The molecule has 0 aromatic rings. The van der Waals surface area contributed by atoms with Gasteiger partial charge in [-0.25, -0.2) is 0 Å². The third-order valence-corrected chi connectivity index (χ3v) is 4.13. The Hall–Kier alpha value is -0.540. The van der Waals surface area contributed by atoms with Crippen LogP contribution in [0.1, 0.15) is 38.5 Å². The van der Waals surface area contributed by atoms with Crippen LogP contribution in [-0.4, -0.2) is 42.4 Å². The Bertz CT molecular complexity index is 309. The van der Waals surface area contributed by atoms with Gasteiger partial charge in [-0.05, 0) is 38.5 Å². The number of allylic oxidation sites excluding steroid dienone is 1. The van der Waals surface area contributed by atoms with E-state index in [0.717, 1.165) is 32.5 Å². The van der Waals surface area contributed by atoms with Crippen LogP contribution in [0.2, 0.25) is 0 Å². The van der Waals surface area contributed by atoms with E-state index in [1.54, 1.807) is 5.57 Å². The number of hydrogen-bond acceptors (Lipinski definition) is 2. The van der Waals surface area contributed by atoms with Gasteiger partial charge in [-0.2, -0.15) is 0 Å². The van der Waals surface area contributed by atoms with Gasteiger partial charge in [0.15, 0.2) is 0 Å². The molecule has 2 aliphatic rings. The van der Waals surface area contributed by atoms with E-state index in [9.17, 15) is 4.79 Å². The smallest absolute Gasteiger partial charge is 0.235 e. The molecule has 1 aliphatic heterocycles. The van der Waals surface area contributed by atoms with Gasteiger partial charge >= 0.3 is 0 Å². The molecule has 0 saturated carbocycles. The first-order valence-electron chi connectivity index (χ1n) is 7.03. The lowest BCUT2D eigenvalue weighted by Gasteiger charge is -2.33. The summed E-state index contributed by atoms with van der Waals surface area (Å²) in [5.74, 6) is 0.0395. The van der Waals surface area contributed by atoms with Crippen LogP contribution in [-0.2, 0) is 4.79 Å². The fourth-order valence-corrected chi connectivity index (χ4v) is 2.91. The van der Waals surface area contributed by atoms with Gasteiger partial charge in [-0.3, -0.25) is 9.69 Å². The second-order valence-corrected chi connectivity index (χ2v) is 5.63. The van der Waals surface area contributed by atoms with Crippen LogP contribution in [0.5, 0.6) is 0 Å². The standard InChI is InChI=1S/C14H23ClN2O/c15-10-14(18)16-13-6-8-17(9-7-13)11-12-4-2-1-3-5-12/h4,13H,1-3,5-11H2,(H,16,18). The maximum absolute atomic E-state index is 11.2. The van der Waals surface area contributed by atoms with Crippen molar-refractivity contribution >= 4 is 17.5 Å². The maximum Gasteiger partial charge on any atom is 0.235 e. The van der Waals surface area contributed by atoms with Crippen LogP contribution in [0.15, 0.2) is 11.6 Å². The minimum atomic E-state index is -0.0369. The van der Waals surface area contributed by atoms with Gasteiger partial charge in [0.1, 0.15) is 5.88 Å². The molecule has 1 saturated heterocycles. The number of halogens is 1. The number of alkyl halides is 1. The topological polar surface area (TPSA) is 32.3 Å². The molecule has 1 heterocycles. The zero-order chi connectivity index (χ0) is 12.8. The lowest BCUT2D eigenvalue weighted by atomic mass is 9.98. The first kappa shape index (κ1) is 13.9. The second-order valence-electron chi connectivity index (χ2n) is 5.36. The van der Waals surface area contributed by atoms with E-state index < -0.39 is 0 Å². The molecule has 2 rings (SSSR count). The fraction of sp³-hybridized carbons (Fsp3) is 0.786. The summed E-state index contributed by atoms with van der Waals surface area (Å²) in [5.41, 5.74) is 1.62. The number of amides is 1. The first-order valence-corrected chi connectivity index (χ1v) is 7.57. The van der Waals surface area contributed by atoms with Crippen molar-refractivity contribution in [3.05, 3.63) is 11.6 Å². The molecule has 1 amide bonds. The minimum absolute atomic E-state index is 0.0369. The molecule has 102 valence electrons. The Morgan fingerprint density at radius 2 is 2.17 bits per heavy atom. The van der Waals surface area contributed by atoms with Gasteiger partial charge < -0.3 is 5.32 Å². The van der Waals surface area contributed by atoms with Gasteiger partial charge in [0.2, 0.25) is 5.91 Å². The fourth-order valence-electron chi connectivity index (χ4n) is 2.84. The molecule has 0 radical (unpaired) electrons. The van der Waals surface area contributed by atoms with Gasteiger partial charge in [-0.15, -0.1) is 11.6 Å². The molecule has 0 bridgehead atoms. The van der Waals surface area contributed by atoms with Crippen LogP contribution in [0.4, 0.5) is 0 Å².